The highest BCUT2D eigenvalue weighted by molar-refractivity contribution is 7.80. The molecule has 0 spiro atoms. The van der Waals surface area contributed by atoms with E-state index in [2.05, 4.69) is 49.1 Å². The minimum Gasteiger partial charge on any atom is -0.376 e. The molecule has 1 N–H and O–H groups in total. The molecule has 148 valence electrons. The molecule has 0 saturated carbocycles. The van der Waals surface area contributed by atoms with Crippen LogP contribution in [0.1, 0.15) is 36.3 Å². The van der Waals surface area contributed by atoms with Crippen LogP contribution < -0.4 is 5.32 Å². The average molecular weight is 406 g/mol. The quantitative estimate of drug-likeness (QED) is 0.657. The molecule has 2 saturated heterocycles. The largest absolute Gasteiger partial charge is 0.376 e. The number of pyridine rings is 2. The molecule has 2 aliphatic heterocycles. The van der Waals surface area contributed by atoms with Gasteiger partial charge in [-0.1, -0.05) is 12.1 Å². The lowest BCUT2D eigenvalue weighted by Crippen LogP contribution is -2.36. The normalized spacial score (nSPS) is 24.1. The Kier molecular flexibility index (Phi) is 4.99. The van der Waals surface area contributed by atoms with Crippen molar-refractivity contribution < 1.29 is 4.74 Å². The molecule has 5 heterocycles. The first-order chi connectivity index (χ1) is 14.3. The van der Waals surface area contributed by atoms with Gasteiger partial charge in [0.25, 0.3) is 0 Å². The van der Waals surface area contributed by atoms with Gasteiger partial charge in [-0.15, -0.1) is 0 Å². The number of hydrogen-bond donors (Lipinski definition) is 1. The molecule has 29 heavy (non-hydrogen) atoms. The number of rotatable bonds is 5. The van der Waals surface area contributed by atoms with Gasteiger partial charge in [0.1, 0.15) is 5.82 Å². The van der Waals surface area contributed by atoms with Crippen LogP contribution in [0.2, 0.25) is 0 Å². The maximum atomic E-state index is 5.92. The van der Waals surface area contributed by atoms with E-state index >= 15 is 0 Å². The zero-order valence-electron chi connectivity index (χ0n) is 16.0. The second kappa shape index (κ2) is 7.93. The molecule has 0 amide bonds. The Hall–Kier alpha value is -2.77. The van der Waals surface area contributed by atoms with E-state index in [1.54, 1.807) is 0 Å². The SMILES string of the molecule is S=C1N[C@H](c2ccccn2)[C@H](c2cccn2-c2ccccn2)N1C[C@H]1CCCO1. The summed E-state index contributed by atoms with van der Waals surface area (Å²) < 4.78 is 8.06. The molecule has 3 aromatic rings. The fourth-order valence-electron chi connectivity index (χ4n) is 4.27. The summed E-state index contributed by atoms with van der Waals surface area (Å²) in [6, 6.07) is 16.1. The third-order valence-corrected chi connectivity index (χ3v) is 5.95. The third kappa shape index (κ3) is 3.52. The Morgan fingerprint density at radius 1 is 1.07 bits per heavy atom. The van der Waals surface area contributed by atoms with E-state index in [4.69, 9.17) is 17.0 Å². The molecule has 7 heteroatoms. The van der Waals surface area contributed by atoms with Crippen LogP contribution in [0.3, 0.4) is 0 Å². The van der Waals surface area contributed by atoms with Crippen molar-refractivity contribution in [2.45, 2.75) is 31.0 Å². The summed E-state index contributed by atoms with van der Waals surface area (Å²) in [4.78, 5) is 11.4. The zero-order valence-corrected chi connectivity index (χ0v) is 16.8. The predicted octanol–water partition coefficient (Wildman–Crippen LogP) is 3.42. The second-order valence-electron chi connectivity index (χ2n) is 7.40. The van der Waals surface area contributed by atoms with Crippen molar-refractivity contribution in [2.75, 3.05) is 13.2 Å². The van der Waals surface area contributed by atoms with Crippen molar-refractivity contribution in [1.82, 2.24) is 24.8 Å². The van der Waals surface area contributed by atoms with E-state index in [0.29, 0.717) is 0 Å². The highest BCUT2D eigenvalue weighted by Crippen LogP contribution is 2.40. The van der Waals surface area contributed by atoms with E-state index in [1.165, 1.54) is 0 Å². The predicted molar refractivity (Wildman–Crippen MR) is 115 cm³/mol. The minimum atomic E-state index is -0.0394. The van der Waals surface area contributed by atoms with Gasteiger partial charge in [0.2, 0.25) is 0 Å². The molecule has 2 fully saturated rings. The lowest BCUT2D eigenvalue weighted by Gasteiger charge is -2.30. The molecule has 3 atom stereocenters. The van der Waals surface area contributed by atoms with Crippen molar-refractivity contribution in [1.29, 1.82) is 0 Å². The monoisotopic (exact) mass is 405 g/mol. The van der Waals surface area contributed by atoms with Gasteiger partial charge < -0.3 is 19.5 Å². The summed E-state index contributed by atoms with van der Waals surface area (Å²) in [6.45, 7) is 1.60. The fraction of sp³-hybridized carbons (Fsp3) is 0.318. The maximum Gasteiger partial charge on any atom is 0.170 e. The van der Waals surface area contributed by atoms with Crippen molar-refractivity contribution in [3.8, 4) is 5.82 Å². The van der Waals surface area contributed by atoms with Crippen molar-refractivity contribution in [3.63, 3.8) is 0 Å². The van der Waals surface area contributed by atoms with E-state index < -0.39 is 0 Å². The number of aromatic nitrogens is 3. The number of hydrogen-bond acceptors (Lipinski definition) is 4. The van der Waals surface area contributed by atoms with Crippen LogP contribution >= 0.6 is 12.2 Å². The first-order valence-corrected chi connectivity index (χ1v) is 10.4. The van der Waals surface area contributed by atoms with Crippen LogP contribution in [0, 0.1) is 0 Å². The van der Waals surface area contributed by atoms with Gasteiger partial charge in [-0.25, -0.2) is 4.98 Å². The van der Waals surface area contributed by atoms with Gasteiger partial charge >= 0.3 is 0 Å². The van der Waals surface area contributed by atoms with Crippen LogP contribution in [-0.4, -0.2) is 43.8 Å². The van der Waals surface area contributed by atoms with Crippen molar-refractivity contribution >= 4 is 17.3 Å². The highest BCUT2D eigenvalue weighted by atomic mass is 32.1. The van der Waals surface area contributed by atoms with Gasteiger partial charge in [-0.3, -0.25) is 4.98 Å². The lowest BCUT2D eigenvalue weighted by atomic mass is 10.0. The Morgan fingerprint density at radius 2 is 1.93 bits per heavy atom. The van der Waals surface area contributed by atoms with Crippen LogP contribution in [0.15, 0.2) is 67.1 Å². The smallest absolute Gasteiger partial charge is 0.170 e. The molecule has 2 aliphatic rings. The van der Waals surface area contributed by atoms with Crippen LogP contribution in [-0.2, 0) is 4.74 Å². The van der Waals surface area contributed by atoms with Crippen molar-refractivity contribution in [2.24, 2.45) is 0 Å². The average Bonchev–Trinajstić information content (AvgIpc) is 3.51. The number of nitrogens with one attached hydrogen (secondary N) is 1. The molecule has 5 rings (SSSR count). The van der Waals surface area contributed by atoms with Crippen LogP contribution in [0.5, 0.6) is 0 Å². The Balaban J connectivity index is 1.57. The molecule has 0 aromatic carbocycles. The Morgan fingerprint density at radius 3 is 2.66 bits per heavy atom. The molecular formula is C22H23N5OS. The van der Waals surface area contributed by atoms with E-state index in [9.17, 15) is 0 Å². The van der Waals surface area contributed by atoms with Crippen molar-refractivity contribution in [3.05, 3.63) is 78.5 Å². The summed E-state index contributed by atoms with van der Waals surface area (Å²) in [7, 11) is 0. The summed E-state index contributed by atoms with van der Waals surface area (Å²) in [5.74, 6) is 0.891. The summed E-state index contributed by atoms with van der Waals surface area (Å²) in [5.41, 5.74) is 2.10. The highest BCUT2D eigenvalue weighted by Gasteiger charge is 2.42. The van der Waals surface area contributed by atoms with Gasteiger partial charge in [0.05, 0.1) is 23.9 Å². The zero-order chi connectivity index (χ0) is 19.6. The maximum absolute atomic E-state index is 5.92. The Labute approximate surface area is 175 Å². The van der Waals surface area contributed by atoms with Gasteiger partial charge in [-0.05, 0) is 61.5 Å². The fourth-order valence-corrected chi connectivity index (χ4v) is 4.59. The van der Waals surface area contributed by atoms with E-state index in [-0.39, 0.29) is 18.2 Å². The van der Waals surface area contributed by atoms with Crippen LogP contribution in [0.25, 0.3) is 5.82 Å². The number of thiocarbonyl (C=S) groups is 1. The van der Waals surface area contributed by atoms with Crippen LogP contribution in [0.4, 0.5) is 0 Å². The molecular weight excluding hydrogens is 382 g/mol. The summed E-state index contributed by atoms with van der Waals surface area (Å²) in [6.07, 6.45) is 8.09. The van der Waals surface area contributed by atoms with Gasteiger partial charge in [0, 0.05) is 37.4 Å². The summed E-state index contributed by atoms with van der Waals surface area (Å²) in [5, 5.41) is 4.26. The van der Waals surface area contributed by atoms with Gasteiger partial charge in [-0.2, -0.15) is 0 Å². The Bertz CT molecular complexity index is 971. The third-order valence-electron chi connectivity index (χ3n) is 5.60. The van der Waals surface area contributed by atoms with E-state index in [1.807, 2.05) is 42.7 Å². The standard InChI is InChI=1S/C22H23N5OS/c29-22-25-20(17-8-1-3-11-23-17)21(27(22)15-16-7-6-14-28-16)18-9-5-13-26(18)19-10-2-4-12-24-19/h1-5,8-13,16,20-21H,6-7,14-15H2,(H,25,29)/t16-,20-,21+/m1/s1. The molecule has 6 nitrogen and oxygen atoms in total. The first-order valence-electron chi connectivity index (χ1n) is 9.99. The minimum absolute atomic E-state index is 0.00129. The number of ether oxygens (including phenoxy) is 1. The van der Waals surface area contributed by atoms with Gasteiger partial charge in [0.15, 0.2) is 5.11 Å². The first kappa shape index (κ1) is 18.3. The molecule has 0 radical (unpaired) electrons. The second-order valence-corrected chi connectivity index (χ2v) is 7.79. The molecule has 0 unspecified atom stereocenters. The van der Waals surface area contributed by atoms with E-state index in [0.717, 1.165) is 48.3 Å². The topological polar surface area (TPSA) is 55.2 Å². The molecule has 0 bridgehead atoms. The lowest BCUT2D eigenvalue weighted by molar-refractivity contribution is 0.0836. The summed E-state index contributed by atoms with van der Waals surface area (Å²) >= 11 is 5.77. The molecule has 3 aromatic heterocycles. The number of nitrogens with zero attached hydrogens (tertiary/aromatic N) is 4. The molecule has 0 aliphatic carbocycles.